The molecule has 0 aliphatic heterocycles. The van der Waals surface area contributed by atoms with Crippen molar-refractivity contribution < 1.29 is 47.7 Å². The van der Waals surface area contributed by atoms with Gasteiger partial charge in [-0.2, -0.15) is 0 Å². The highest BCUT2D eigenvalue weighted by atomic mass is 16.6. The number of carbonyl (C=O) groups is 5. The molecule has 2 atom stereocenters. The van der Waals surface area contributed by atoms with Crippen molar-refractivity contribution >= 4 is 29.8 Å². The smallest absolute Gasteiger partial charge is 0.308 e. The van der Waals surface area contributed by atoms with E-state index in [9.17, 15) is 24.0 Å². The van der Waals surface area contributed by atoms with Gasteiger partial charge in [0.05, 0.1) is 25.0 Å². The quantitative estimate of drug-likeness (QED) is 0.0327. The van der Waals surface area contributed by atoms with Crippen LogP contribution in [0.1, 0.15) is 272 Å². The third-order valence-corrected chi connectivity index (χ3v) is 13.0. The molecule has 0 heterocycles. The van der Waals surface area contributed by atoms with E-state index in [4.69, 9.17) is 23.7 Å². The zero-order valence-electron chi connectivity index (χ0n) is 45.2. The van der Waals surface area contributed by atoms with Gasteiger partial charge in [0.2, 0.25) is 0 Å². The van der Waals surface area contributed by atoms with E-state index in [1.807, 2.05) is 19.0 Å². The minimum absolute atomic E-state index is 0.0160. The van der Waals surface area contributed by atoms with Crippen LogP contribution in [0.3, 0.4) is 0 Å². The van der Waals surface area contributed by atoms with Crippen molar-refractivity contribution in [3.05, 3.63) is 0 Å². The predicted molar refractivity (Wildman–Crippen MR) is 277 cm³/mol. The maximum atomic E-state index is 12.9. The minimum Gasteiger partial charge on any atom is -0.465 e. The molecule has 2 unspecified atom stereocenters. The van der Waals surface area contributed by atoms with Gasteiger partial charge in [0, 0.05) is 19.3 Å². The highest BCUT2D eigenvalue weighted by Gasteiger charge is 2.22. The summed E-state index contributed by atoms with van der Waals surface area (Å²) in [4.78, 5) is 65.8. The van der Waals surface area contributed by atoms with Crippen LogP contribution >= 0.6 is 0 Å². The number of esters is 5. The molecular formula is C57H107NO10. The number of hydrogen-bond donors (Lipinski definition) is 0. The first kappa shape index (κ1) is 65.3. The molecule has 0 bridgehead atoms. The van der Waals surface area contributed by atoms with Crippen LogP contribution in [0.2, 0.25) is 0 Å². The molecule has 11 nitrogen and oxygen atoms in total. The summed E-state index contributed by atoms with van der Waals surface area (Å²) in [5.41, 5.74) is 0. The van der Waals surface area contributed by atoms with Crippen LogP contribution in [-0.4, -0.2) is 87.9 Å². The highest BCUT2D eigenvalue weighted by Crippen LogP contribution is 2.23. The van der Waals surface area contributed by atoms with Gasteiger partial charge in [0.1, 0.15) is 13.2 Å². The number of nitrogens with zero attached hydrogens (tertiary/aromatic N) is 1. The van der Waals surface area contributed by atoms with E-state index >= 15 is 0 Å². The van der Waals surface area contributed by atoms with E-state index in [1.165, 1.54) is 103 Å². The molecule has 0 spiro atoms. The number of carbonyl (C=O) groups excluding carboxylic acids is 5. The topological polar surface area (TPSA) is 135 Å². The van der Waals surface area contributed by atoms with Gasteiger partial charge in [-0.25, -0.2) is 0 Å². The Morgan fingerprint density at radius 1 is 0.353 bits per heavy atom. The number of rotatable bonds is 51. The Kier molecular flexibility index (Phi) is 47.3. The van der Waals surface area contributed by atoms with Gasteiger partial charge in [0.25, 0.3) is 0 Å². The molecule has 0 N–H and O–H groups in total. The molecule has 68 heavy (non-hydrogen) atoms. The molecule has 0 amide bonds. The van der Waals surface area contributed by atoms with E-state index in [-0.39, 0.29) is 68.2 Å². The van der Waals surface area contributed by atoms with Crippen molar-refractivity contribution in [2.75, 3.05) is 47.1 Å². The van der Waals surface area contributed by atoms with Crippen molar-refractivity contribution in [2.24, 2.45) is 11.8 Å². The molecule has 0 aromatic carbocycles. The molecule has 0 fully saturated rings. The predicted octanol–water partition coefficient (Wildman–Crippen LogP) is 14.8. The summed E-state index contributed by atoms with van der Waals surface area (Å²) in [5, 5.41) is 0. The van der Waals surface area contributed by atoms with Gasteiger partial charge in [-0.3, -0.25) is 24.0 Å². The fourth-order valence-electron chi connectivity index (χ4n) is 8.54. The molecule has 0 radical (unpaired) electrons. The average Bonchev–Trinajstić information content (AvgIpc) is 3.32. The fraction of sp³-hybridized carbons (Fsp3) is 0.912. The van der Waals surface area contributed by atoms with Crippen molar-refractivity contribution in [2.45, 2.75) is 278 Å². The molecule has 400 valence electrons. The van der Waals surface area contributed by atoms with Gasteiger partial charge in [0.15, 0.2) is 6.10 Å². The van der Waals surface area contributed by atoms with E-state index in [1.54, 1.807) is 0 Å². The molecule has 0 aliphatic rings. The second kappa shape index (κ2) is 49.3. The van der Waals surface area contributed by atoms with Crippen molar-refractivity contribution in [1.29, 1.82) is 0 Å². The second-order valence-electron chi connectivity index (χ2n) is 20.0. The van der Waals surface area contributed by atoms with E-state index in [0.717, 1.165) is 109 Å². The average molecular weight is 966 g/mol. The van der Waals surface area contributed by atoms with Crippen molar-refractivity contribution in [1.82, 2.24) is 4.90 Å². The van der Waals surface area contributed by atoms with E-state index in [0.29, 0.717) is 32.5 Å². The number of hydrogen-bond acceptors (Lipinski definition) is 11. The monoisotopic (exact) mass is 966 g/mol. The molecule has 0 aromatic heterocycles. The molecule has 0 saturated carbocycles. The Morgan fingerprint density at radius 2 is 0.662 bits per heavy atom. The van der Waals surface area contributed by atoms with Gasteiger partial charge >= 0.3 is 29.8 Å². The van der Waals surface area contributed by atoms with Crippen molar-refractivity contribution in [3.8, 4) is 0 Å². The minimum atomic E-state index is -0.872. The third-order valence-electron chi connectivity index (χ3n) is 13.0. The van der Waals surface area contributed by atoms with E-state index in [2.05, 4.69) is 27.7 Å². The van der Waals surface area contributed by atoms with Crippen LogP contribution in [0.15, 0.2) is 0 Å². The summed E-state index contributed by atoms with van der Waals surface area (Å²) in [6.07, 6.45) is 36.6. The van der Waals surface area contributed by atoms with E-state index < -0.39 is 12.1 Å². The summed E-state index contributed by atoms with van der Waals surface area (Å²) in [5.74, 6) is -1.19. The second-order valence-corrected chi connectivity index (χ2v) is 20.0. The lowest BCUT2D eigenvalue weighted by molar-refractivity contribution is -0.167. The highest BCUT2D eigenvalue weighted by molar-refractivity contribution is 5.73. The summed E-state index contributed by atoms with van der Waals surface area (Å²) in [6, 6.07) is 0. The molecule has 0 aromatic rings. The van der Waals surface area contributed by atoms with Crippen LogP contribution in [0, 0.1) is 11.8 Å². The normalized spacial score (nSPS) is 12.7. The molecule has 0 rings (SSSR count). The Morgan fingerprint density at radius 3 is 1.03 bits per heavy atom. The van der Waals surface area contributed by atoms with Crippen LogP contribution < -0.4 is 0 Å². The molecule has 0 aliphatic carbocycles. The molecule has 0 saturated heterocycles. The van der Waals surface area contributed by atoms with Crippen LogP contribution in [0.4, 0.5) is 0 Å². The zero-order valence-corrected chi connectivity index (χ0v) is 45.2. The zero-order chi connectivity index (χ0) is 50.1. The maximum Gasteiger partial charge on any atom is 0.308 e. The van der Waals surface area contributed by atoms with Crippen LogP contribution in [-0.2, 0) is 47.7 Å². The summed E-state index contributed by atoms with van der Waals surface area (Å²) in [6.45, 7) is 10.2. The van der Waals surface area contributed by atoms with Gasteiger partial charge in [-0.05, 0) is 78.4 Å². The Bertz CT molecular complexity index is 1120. The largest absolute Gasteiger partial charge is 0.465 e. The van der Waals surface area contributed by atoms with Crippen molar-refractivity contribution in [3.63, 3.8) is 0 Å². The Hall–Kier alpha value is -2.69. The lowest BCUT2D eigenvalue weighted by Crippen LogP contribution is -2.31. The first-order valence-corrected chi connectivity index (χ1v) is 28.6. The standard InChI is InChI=1S/C57H107NO10/c1-7-11-15-19-23-31-40-50(38-29-17-13-9-3)56(62)64-46-35-27-21-25-33-42-53(59)66-48-52(68-55(61)44-37-45-58(5)6)49-67-54(60)43-34-26-22-28-36-47-65-57(63)51(39-30-18-14-10-4)41-32-24-20-16-12-8-2/h50-52H,7-49H2,1-6H3. The molecular weight excluding hydrogens is 859 g/mol. The van der Waals surface area contributed by atoms with Crippen LogP contribution in [0.25, 0.3) is 0 Å². The third kappa shape index (κ3) is 43.3. The maximum absolute atomic E-state index is 12.9. The van der Waals surface area contributed by atoms with Gasteiger partial charge < -0.3 is 28.6 Å². The number of ether oxygens (including phenoxy) is 5. The Labute approximate surface area is 417 Å². The Balaban J connectivity index is 4.55. The van der Waals surface area contributed by atoms with Gasteiger partial charge in [-0.1, -0.05) is 195 Å². The molecule has 11 heteroatoms. The first-order valence-electron chi connectivity index (χ1n) is 28.6. The number of unbranched alkanes of at least 4 members (excludes halogenated alkanes) is 24. The SMILES string of the molecule is CCCCCCCCC(CCCCCC)C(=O)OCCCCCCCC(=O)OCC(COC(=O)CCCCCCCOC(=O)C(CCCCCC)CCCCCCCC)OC(=O)CCCN(C)C. The van der Waals surface area contributed by atoms with Crippen LogP contribution in [0.5, 0.6) is 0 Å². The van der Waals surface area contributed by atoms with Gasteiger partial charge in [-0.15, -0.1) is 0 Å². The fourth-order valence-corrected chi connectivity index (χ4v) is 8.54. The summed E-state index contributed by atoms with van der Waals surface area (Å²) >= 11 is 0. The summed E-state index contributed by atoms with van der Waals surface area (Å²) < 4.78 is 28.1. The lowest BCUT2D eigenvalue weighted by Gasteiger charge is -2.18. The summed E-state index contributed by atoms with van der Waals surface area (Å²) in [7, 11) is 3.88. The first-order chi connectivity index (χ1) is 33.1. The lowest BCUT2D eigenvalue weighted by atomic mass is 9.94.